The fraction of sp³-hybridized carbons (Fsp3) is 0.400. The molecule has 1 rings (SSSR count). The van der Waals surface area contributed by atoms with E-state index in [9.17, 15) is 9.50 Å². The van der Waals surface area contributed by atoms with Crippen LogP contribution in [0, 0.1) is 0 Å². The molecule has 1 atom stereocenters. The van der Waals surface area contributed by atoms with Gasteiger partial charge in [0, 0.05) is 11.6 Å². The molecule has 86 valence electrons. The van der Waals surface area contributed by atoms with Gasteiger partial charge in [-0.15, -0.1) is 12.4 Å². The van der Waals surface area contributed by atoms with Gasteiger partial charge in [0.2, 0.25) is 0 Å². The minimum Gasteiger partial charge on any atom is -0.504 e. The Morgan fingerprint density at radius 1 is 1.53 bits per heavy atom. The molecule has 0 aliphatic carbocycles. The first-order valence-electron chi connectivity index (χ1n) is 4.38. The van der Waals surface area contributed by atoms with Crippen LogP contribution in [0.5, 0.6) is 11.5 Å². The second kappa shape index (κ2) is 6.48. The Hall–Kier alpha value is -1.00. The molecule has 3 N–H and O–H groups in total. The minimum atomic E-state index is -0.502. The first-order valence-corrected chi connectivity index (χ1v) is 4.38. The van der Waals surface area contributed by atoms with Gasteiger partial charge < -0.3 is 15.6 Å². The van der Waals surface area contributed by atoms with Gasteiger partial charge in [-0.05, 0) is 12.5 Å². The highest BCUT2D eigenvalue weighted by atomic mass is 35.5. The normalized spacial score (nSPS) is 11.7. The van der Waals surface area contributed by atoms with E-state index >= 15 is 0 Å². The average Bonchev–Trinajstić information content (AvgIpc) is 2.18. The number of hydrogen-bond donors (Lipinski definition) is 2. The number of ether oxygens (including phenoxy) is 1. The Balaban J connectivity index is 0.00000196. The molecule has 0 unspecified atom stereocenters. The van der Waals surface area contributed by atoms with E-state index in [1.807, 2.05) is 0 Å². The third kappa shape index (κ3) is 3.25. The number of methoxy groups -OCH3 is 1. The van der Waals surface area contributed by atoms with Gasteiger partial charge in [-0.2, -0.15) is 0 Å². The van der Waals surface area contributed by atoms with Crippen molar-refractivity contribution in [2.24, 2.45) is 5.73 Å². The summed E-state index contributed by atoms with van der Waals surface area (Å²) in [4.78, 5) is 0. The maximum Gasteiger partial charge on any atom is 0.162 e. The van der Waals surface area contributed by atoms with Crippen molar-refractivity contribution in [1.29, 1.82) is 0 Å². The number of benzene rings is 1. The monoisotopic (exact) mass is 235 g/mol. The molecule has 0 heterocycles. The van der Waals surface area contributed by atoms with Gasteiger partial charge in [-0.25, -0.2) is 0 Å². The molecule has 3 nitrogen and oxygen atoms in total. The molecule has 0 saturated heterocycles. The van der Waals surface area contributed by atoms with E-state index in [1.54, 1.807) is 18.2 Å². The summed E-state index contributed by atoms with van der Waals surface area (Å²) in [7, 11) is 1.46. The molecule has 0 amide bonds. The summed E-state index contributed by atoms with van der Waals surface area (Å²) in [6.07, 6.45) is 0.195. The van der Waals surface area contributed by atoms with Crippen molar-refractivity contribution in [1.82, 2.24) is 0 Å². The van der Waals surface area contributed by atoms with Crippen molar-refractivity contribution in [2.45, 2.75) is 12.5 Å². The summed E-state index contributed by atoms with van der Waals surface area (Å²) in [6, 6.07) is 4.51. The van der Waals surface area contributed by atoms with Crippen molar-refractivity contribution in [2.75, 3.05) is 13.8 Å². The second-order valence-electron chi connectivity index (χ2n) is 2.98. The molecule has 0 aliphatic heterocycles. The van der Waals surface area contributed by atoms with Gasteiger partial charge in [0.05, 0.1) is 13.8 Å². The van der Waals surface area contributed by atoms with Crippen molar-refractivity contribution in [3.05, 3.63) is 23.8 Å². The lowest BCUT2D eigenvalue weighted by Crippen LogP contribution is -2.11. The van der Waals surface area contributed by atoms with Crippen LogP contribution in [0.3, 0.4) is 0 Å². The van der Waals surface area contributed by atoms with Crippen LogP contribution in [0.25, 0.3) is 0 Å². The summed E-state index contributed by atoms with van der Waals surface area (Å²) < 4.78 is 17.0. The number of para-hydroxylation sites is 1. The summed E-state index contributed by atoms with van der Waals surface area (Å²) in [5, 5.41) is 9.66. The Morgan fingerprint density at radius 2 is 2.20 bits per heavy atom. The molecule has 0 aliphatic rings. The number of rotatable bonds is 4. The van der Waals surface area contributed by atoms with Crippen molar-refractivity contribution in [3.8, 4) is 11.5 Å². The van der Waals surface area contributed by atoms with E-state index in [0.29, 0.717) is 11.3 Å². The van der Waals surface area contributed by atoms with Crippen LogP contribution in [-0.4, -0.2) is 18.9 Å². The number of phenolic OH excluding ortho intramolecular Hbond substituents is 1. The van der Waals surface area contributed by atoms with Crippen molar-refractivity contribution < 1.29 is 14.2 Å². The Kier molecular flexibility index (Phi) is 6.05. The molecule has 0 saturated carbocycles. The van der Waals surface area contributed by atoms with E-state index in [4.69, 9.17) is 10.5 Å². The van der Waals surface area contributed by atoms with Crippen LogP contribution in [0.2, 0.25) is 0 Å². The second-order valence-corrected chi connectivity index (χ2v) is 2.98. The van der Waals surface area contributed by atoms with E-state index in [1.165, 1.54) is 7.11 Å². The molecule has 0 fully saturated rings. The zero-order valence-corrected chi connectivity index (χ0v) is 9.26. The Morgan fingerprint density at radius 3 is 2.73 bits per heavy atom. The molecule has 1 aromatic rings. The number of alkyl halides is 1. The molecule has 0 radical (unpaired) electrons. The van der Waals surface area contributed by atoms with E-state index in [0.717, 1.165) is 0 Å². The van der Waals surface area contributed by atoms with Crippen LogP contribution in [-0.2, 0) is 0 Å². The summed E-state index contributed by atoms with van der Waals surface area (Å²) in [6.45, 7) is -0.502. The summed E-state index contributed by atoms with van der Waals surface area (Å²) >= 11 is 0. The number of hydrogen-bond acceptors (Lipinski definition) is 3. The molecule has 15 heavy (non-hydrogen) atoms. The number of halogens is 2. The predicted molar refractivity (Wildman–Crippen MR) is 59.4 cm³/mol. The molecular weight excluding hydrogens is 221 g/mol. The number of phenols is 1. The predicted octanol–water partition coefficient (Wildman–Crippen LogP) is 2.18. The topological polar surface area (TPSA) is 55.5 Å². The third-order valence-corrected chi connectivity index (χ3v) is 2.07. The highest BCUT2D eigenvalue weighted by Gasteiger charge is 2.13. The van der Waals surface area contributed by atoms with Crippen LogP contribution in [0.4, 0.5) is 4.39 Å². The lowest BCUT2D eigenvalue weighted by Gasteiger charge is -2.13. The first kappa shape index (κ1) is 14.0. The maximum absolute atomic E-state index is 12.1. The fourth-order valence-corrected chi connectivity index (χ4v) is 1.28. The van der Waals surface area contributed by atoms with Crippen LogP contribution < -0.4 is 10.5 Å². The number of aromatic hydroxyl groups is 1. The van der Waals surface area contributed by atoms with Gasteiger partial charge in [0.15, 0.2) is 11.5 Å². The van der Waals surface area contributed by atoms with E-state index in [2.05, 4.69) is 0 Å². The third-order valence-electron chi connectivity index (χ3n) is 2.07. The Labute approximate surface area is 94.5 Å². The van der Waals surface area contributed by atoms with Crippen molar-refractivity contribution in [3.63, 3.8) is 0 Å². The van der Waals surface area contributed by atoms with Gasteiger partial charge >= 0.3 is 0 Å². The highest BCUT2D eigenvalue weighted by molar-refractivity contribution is 5.85. The molecular formula is C10H15ClFNO2. The molecule has 5 heteroatoms. The average molecular weight is 236 g/mol. The molecule has 0 spiro atoms. The summed E-state index contributed by atoms with van der Waals surface area (Å²) in [5.41, 5.74) is 6.19. The quantitative estimate of drug-likeness (QED) is 0.841. The van der Waals surface area contributed by atoms with Crippen molar-refractivity contribution >= 4 is 12.4 Å². The van der Waals surface area contributed by atoms with Gasteiger partial charge in [0.25, 0.3) is 0 Å². The van der Waals surface area contributed by atoms with Gasteiger partial charge in [0.1, 0.15) is 0 Å². The van der Waals surface area contributed by atoms with Crippen LogP contribution >= 0.6 is 12.4 Å². The lowest BCUT2D eigenvalue weighted by atomic mass is 10.0. The van der Waals surface area contributed by atoms with E-state index in [-0.39, 0.29) is 24.6 Å². The highest BCUT2D eigenvalue weighted by Crippen LogP contribution is 2.33. The fourth-order valence-electron chi connectivity index (χ4n) is 1.28. The SMILES string of the molecule is COc1cccc([C@H](N)CCF)c1O.Cl. The van der Waals surface area contributed by atoms with Gasteiger partial charge in [-0.1, -0.05) is 12.1 Å². The lowest BCUT2D eigenvalue weighted by molar-refractivity contribution is 0.365. The number of nitrogens with two attached hydrogens (primary N) is 1. The van der Waals surface area contributed by atoms with Gasteiger partial charge in [-0.3, -0.25) is 4.39 Å². The smallest absolute Gasteiger partial charge is 0.162 e. The zero-order valence-electron chi connectivity index (χ0n) is 8.44. The van der Waals surface area contributed by atoms with Crippen LogP contribution in [0.1, 0.15) is 18.0 Å². The molecule has 0 aromatic heterocycles. The maximum atomic E-state index is 12.1. The zero-order chi connectivity index (χ0) is 10.6. The first-order chi connectivity index (χ1) is 6.70. The Bertz CT molecular complexity index is 309. The van der Waals surface area contributed by atoms with Crippen LogP contribution in [0.15, 0.2) is 18.2 Å². The minimum absolute atomic E-state index is 0. The molecule has 1 aromatic carbocycles. The standard InChI is InChI=1S/C10H14FNO2.ClH/c1-14-9-4-2-3-7(10(9)13)8(12)5-6-11;/h2-4,8,13H,5-6,12H2,1H3;1H/t8-;/m1./s1. The van der Waals surface area contributed by atoms with E-state index < -0.39 is 12.7 Å². The molecule has 0 bridgehead atoms. The largest absolute Gasteiger partial charge is 0.504 e. The summed E-state index contributed by atoms with van der Waals surface area (Å²) in [5.74, 6) is 0.354.